The lowest BCUT2D eigenvalue weighted by molar-refractivity contribution is -0.0245. The topological polar surface area (TPSA) is 20.2 Å². The van der Waals surface area contributed by atoms with Crippen LogP contribution < -0.4 is 0 Å². The van der Waals surface area contributed by atoms with Gasteiger partial charge in [-0.25, -0.2) is 0 Å². The summed E-state index contributed by atoms with van der Waals surface area (Å²) in [6.07, 6.45) is 6.03. The van der Waals surface area contributed by atoms with E-state index in [1.807, 2.05) is 13.8 Å². The zero-order valence-electron chi connectivity index (χ0n) is 15.6. The molecule has 2 unspecified atom stereocenters. The standard InChI is InChI=1S/C20H28O.C2H6/c1-12-4-5-14-15-8-9-20(3)18(6-7-19(20)21)17(15)11-13(2)16(14)10-12;1-2/h4-5,10,13,15,17-19,21H,6-9,11H2,1-3H3;1-2H3/t13-,15?,17+,18?,19-,20-;/m0./s1. The highest BCUT2D eigenvalue weighted by Gasteiger charge is 2.54. The maximum Gasteiger partial charge on any atom is 0.0596 e. The van der Waals surface area contributed by atoms with E-state index in [0.717, 1.165) is 24.2 Å². The molecule has 0 amide bonds. The molecule has 1 nitrogen and oxygen atoms in total. The van der Waals surface area contributed by atoms with E-state index in [4.69, 9.17) is 0 Å². The Morgan fingerprint density at radius 1 is 1.09 bits per heavy atom. The minimum atomic E-state index is -0.0572. The monoisotopic (exact) mass is 314 g/mol. The van der Waals surface area contributed by atoms with Gasteiger partial charge in [0.05, 0.1) is 6.10 Å². The quantitative estimate of drug-likeness (QED) is 0.641. The predicted octanol–water partition coefficient (Wildman–Crippen LogP) is 5.80. The molecule has 1 aromatic rings. The maximum absolute atomic E-state index is 10.5. The summed E-state index contributed by atoms with van der Waals surface area (Å²) >= 11 is 0. The van der Waals surface area contributed by atoms with E-state index in [9.17, 15) is 5.11 Å². The van der Waals surface area contributed by atoms with Crippen molar-refractivity contribution in [3.05, 3.63) is 34.9 Å². The molecule has 0 bridgehead atoms. The molecular formula is C22H34O. The highest BCUT2D eigenvalue weighted by molar-refractivity contribution is 5.40. The van der Waals surface area contributed by atoms with Gasteiger partial charge in [-0.2, -0.15) is 0 Å². The van der Waals surface area contributed by atoms with Crippen molar-refractivity contribution >= 4 is 0 Å². The second-order valence-corrected chi connectivity index (χ2v) is 8.28. The van der Waals surface area contributed by atoms with Crippen molar-refractivity contribution < 1.29 is 5.11 Å². The molecular weight excluding hydrogens is 280 g/mol. The largest absolute Gasteiger partial charge is 0.393 e. The number of aryl methyl sites for hydroxylation is 1. The molecule has 3 aliphatic rings. The predicted molar refractivity (Wildman–Crippen MR) is 97.9 cm³/mol. The average Bonchev–Trinajstić information content (AvgIpc) is 2.86. The molecule has 23 heavy (non-hydrogen) atoms. The fourth-order valence-corrected chi connectivity index (χ4v) is 5.97. The molecule has 0 aliphatic heterocycles. The molecule has 3 aliphatic carbocycles. The van der Waals surface area contributed by atoms with Crippen molar-refractivity contribution in [1.29, 1.82) is 0 Å². The molecule has 0 saturated heterocycles. The van der Waals surface area contributed by atoms with E-state index in [1.165, 1.54) is 31.2 Å². The normalized spacial score (nSPS) is 41.2. The van der Waals surface area contributed by atoms with Crippen molar-refractivity contribution in [3.8, 4) is 0 Å². The number of fused-ring (bicyclic) bond motifs is 5. The summed E-state index contributed by atoms with van der Waals surface area (Å²) in [6.45, 7) is 11.0. The van der Waals surface area contributed by atoms with E-state index in [1.54, 1.807) is 11.1 Å². The highest BCUT2D eigenvalue weighted by Crippen LogP contribution is 2.62. The first-order valence-corrected chi connectivity index (χ1v) is 9.79. The Kier molecular flexibility index (Phi) is 4.62. The molecule has 6 atom stereocenters. The van der Waals surface area contributed by atoms with Crippen molar-refractivity contribution in [2.24, 2.45) is 17.3 Å². The number of hydrogen-bond acceptors (Lipinski definition) is 1. The average molecular weight is 315 g/mol. The van der Waals surface area contributed by atoms with E-state index >= 15 is 0 Å². The lowest BCUT2D eigenvalue weighted by Gasteiger charge is -2.51. The molecule has 2 fully saturated rings. The molecule has 0 spiro atoms. The SMILES string of the molecule is CC.Cc1ccc2c(c1)[C@@H](C)C[C@@H]1C2CC[C@@]2(C)C1CC[C@@H]2O. The summed E-state index contributed by atoms with van der Waals surface area (Å²) in [7, 11) is 0. The Morgan fingerprint density at radius 2 is 1.83 bits per heavy atom. The number of rotatable bonds is 0. The molecule has 1 aromatic carbocycles. The van der Waals surface area contributed by atoms with Crippen LogP contribution >= 0.6 is 0 Å². The van der Waals surface area contributed by atoms with Crippen LogP contribution in [0, 0.1) is 24.2 Å². The zero-order valence-corrected chi connectivity index (χ0v) is 15.6. The van der Waals surface area contributed by atoms with Crippen molar-refractivity contribution in [1.82, 2.24) is 0 Å². The fraction of sp³-hybridized carbons (Fsp3) is 0.727. The Hall–Kier alpha value is -0.820. The van der Waals surface area contributed by atoms with Crippen molar-refractivity contribution in [2.75, 3.05) is 0 Å². The lowest BCUT2D eigenvalue weighted by Crippen LogP contribution is -2.44. The second-order valence-electron chi connectivity index (χ2n) is 8.28. The van der Waals surface area contributed by atoms with Gasteiger partial charge < -0.3 is 5.11 Å². The Morgan fingerprint density at radius 3 is 2.57 bits per heavy atom. The van der Waals surface area contributed by atoms with Crippen LogP contribution in [-0.4, -0.2) is 11.2 Å². The summed E-state index contributed by atoms with van der Waals surface area (Å²) in [5.41, 5.74) is 4.84. The fourth-order valence-electron chi connectivity index (χ4n) is 5.97. The van der Waals surface area contributed by atoms with Gasteiger partial charge >= 0.3 is 0 Å². The minimum absolute atomic E-state index is 0.0572. The van der Waals surface area contributed by atoms with Crippen LogP contribution in [0.15, 0.2) is 18.2 Å². The smallest absolute Gasteiger partial charge is 0.0596 e. The number of benzene rings is 1. The molecule has 2 saturated carbocycles. The summed E-state index contributed by atoms with van der Waals surface area (Å²) in [5, 5.41) is 10.5. The third kappa shape index (κ3) is 2.56. The Labute approximate surface area is 142 Å². The van der Waals surface area contributed by atoms with Crippen LogP contribution in [0.2, 0.25) is 0 Å². The highest BCUT2D eigenvalue weighted by atomic mass is 16.3. The first kappa shape index (κ1) is 17.0. The van der Waals surface area contributed by atoms with E-state index < -0.39 is 0 Å². The van der Waals surface area contributed by atoms with Gasteiger partial charge in [-0.3, -0.25) is 0 Å². The van der Waals surface area contributed by atoms with E-state index in [-0.39, 0.29) is 11.5 Å². The molecule has 0 aromatic heterocycles. The van der Waals surface area contributed by atoms with Gasteiger partial charge in [0, 0.05) is 0 Å². The summed E-state index contributed by atoms with van der Waals surface area (Å²) < 4.78 is 0. The van der Waals surface area contributed by atoms with Crippen LogP contribution in [0.3, 0.4) is 0 Å². The van der Waals surface area contributed by atoms with Crippen LogP contribution in [0.5, 0.6) is 0 Å². The molecule has 0 heterocycles. The van der Waals surface area contributed by atoms with E-state index in [0.29, 0.717) is 5.92 Å². The molecule has 4 rings (SSSR count). The minimum Gasteiger partial charge on any atom is -0.393 e. The molecule has 128 valence electrons. The Bertz CT molecular complexity index is 563. The summed E-state index contributed by atoms with van der Waals surface area (Å²) in [4.78, 5) is 0. The van der Waals surface area contributed by atoms with Crippen LogP contribution in [0.4, 0.5) is 0 Å². The zero-order chi connectivity index (χ0) is 16.8. The maximum atomic E-state index is 10.5. The van der Waals surface area contributed by atoms with Gasteiger partial charge in [0.15, 0.2) is 0 Å². The third-order valence-electron chi connectivity index (χ3n) is 7.19. The van der Waals surface area contributed by atoms with Crippen molar-refractivity contribution in [3.63, 3.8) is 0 Å². The van der Waals surface area contributed by atoms with Gasteiger partial charge in [0.25, 0.3) is 0 Å². The molecule has 1 heteroatoms. The summed E-state index contributed by atoms with van der Waals surface area (Å²) in [5.74, 6) is 2.97. The summed E-state index contributed by atoms with van der Waals surface area (Å²) in [6, 6.07) is 7.13. The second kappa shape index (κ2) is 6.24. The first-order valence-electron chi connectivity index (χ1n) is 9.79. The van der Waals surface area contributed by atoms with E-state index in [2.05, 4.69) is 39.0 Å². The number of aliphatic hydroxyl groups excluding tert-OH is 1. The van der Waals surface area contributed by atoms with Crippen LogP contribution in [0.25, 0.3) is 0 Å². The third-order valence-corrected chi connectivity index (χ3v) is 7.19. The van der Waals surface area contributed by atoms with Gasteiger partial charge in [-0.05, 0) is 79.2 Å². The number of aliphatic hydroxyl groups is 1. The number of hydrogen-bond donors (Lipinski definition) is 1. The van der Waals surface area contributed by atoms with Crippen LogP contribution in [0.1, 0.15) is 88.3 Å². The first-order chi connectivity index (χ1) is 11.0. The molecule has 0 radical (unpaired) electrons. The van der Waals surface area contributed by atoms with Gasteiger partial charge in [0.2, 0.25) is 0 Å². The van der Waals surface area contributed by atoms with Crippen molar-refractivity contribution in [2.45, 2.75) is 84.7 Å². The van der Waals surface area contributed by atoms with Gasteiger partial charge in [-0.15, -0.1) is 0 Å². The Balaban J connectivity index is 0.000000753. The lowest BCUT2D eigenvalue weighted by atomic mass is 9.54. The van der Waals surface area contributed by atoms with Crippen LogP contribution in [-0.2, 0) is 0 Å². The molecule has 1 N–H and O–H groups in total. The van der Waals surface area contributed by atoms with Gasteiger partial charge in [0.1, 0.15) is 0 Å². The van der Waals surface area contributed by atoms with Gasteiger partial charge in [-0.1, -0.05) is 51.5 Å².